The van der Waals surface area contributed by atoms with Gasteiger partial charge in [0.25, 0.3) is 0 Å². The largest absolute Gasteiger partial charge is 0.393 e. The average Bonchev–Trinajstić information content (AvgIpc) is 2.15. The monoisotopic (exact) mass is 238 g/mol. The summed E-state index contributed by atoms with van der Waals surface area (Å²) in [5.41, 5.74) is -6.41. The second-order valence-corrected chi connectivity index (χ2v) is 4.84. The molecule has 98 valence electrons. The van der Waals surface area contributed by atoms with E-state index in [2.05, 4.69) is 0 Å². The third-order valence-electron chi connectivity index (χ3n) is 3.38. The van der Waals surface area contributed by atoms with E-state index in [1.165, 1.54) is 6.92 Å². The van der Waals surface area contributed by atoms with Gasteiger partial charge in [0.05, 0.1) is 12.7 Å². The Morgan fingerprint density at radius 1 is 1.00 bits per heavy atom. The molecule has 6 N–H and O–H groups in total. The zero-order valence-electron chi connectivity index (χ0n) is 10.0. The predicted octanol–water partition coefficient (Wildman–Crippen LogP) is -2.03. The molecule has 0 aliphatic rings. The van der Waals surface area contributed by atoms with Crippen LogP contribution in [0, 0.1) is 0 Å². The van der Waals surface area contributed by atoms with Crippen LogP contribution < -0.4 is 0 Å². The van der Waals surface area contributed by atoms with Gasteiger partial charge in [0, 0.05) is 0 Å². The SMILES string of the molecule is CC(O)[C@@H](O)[C@](C)(O)[C@](C)(O)[C@@](C)(O)CO. The van der Waals surface area contributed by atoms with Gasteiger partial charge in [0.1, 0.15) is 22.9 Å². The third kappa shape index (κ3) is 2.37. The number of aliphatic hydroxyl groups excluding tert-OH is 3. The van der Waals surface area contributed by atoms with Crippen LogP contribution in [0.25, 0.3) is 0 Å². The number of hydrogen-bond donors (Lipinski definition) is 6. The first-order valence-corrected chi connectivity index (χ1v) is 5.06. The van der Waals surface area contributed by atoms with Crippen LogP contribution in [-0.2, 0) is 0 Å². The molecule has 0 saturated heterocycles. The Hall–Kier alpha value is -0.240. The molecule has 0 spiro atoms. The van der Waals surface area contributed by atoms with Crippen LogP contribution in [0.2, 0.25) is 0 Å². The smallest absolute Gasteiger partial charge is 0.123 e. The van der Waals surface area contributed by atoms with Crippen molar-refractivity contribution >= 4 is 0 Å². The van der Waals surface area contributed by atoms with Gasteiger partial charge in [-0.25, -0.2) is 0 Å². The van der Waals surface area contributed by atoms with Crippen molar-refractivity contribution in [2.24, 2.45) is 0 Å². The van der Waals surface area contributed by atoms with Gasteiger partial charge in [-0.2, -0.15) is 0 Å². The topological polar surface area (TPSA) is 121 Å². The van der Waals surface area contributed by atoms with Crippen molar-refractivity contribution in [1.82, 2.24) is 0 Å². The van der Waals surface area contributed by atoms with Gasteiger partial charge in [-0.3, -0.25) is 0 Å². The maximum Gasteiger partial charge on any atom is 0.123 e. The van der Waals surface area contributed by atoms with Crippen molar-refractivity contribution in [1.29, 1.82) is 0 Å². The van der Waals surface area contributed by atoms with Crippen LogP contribution in [0.15, 0.2) is 0 Å². The normalized spacial score (nSPS) is 27.4. The summed E-state index contributed by atoms with van der Waals surface area (Å²) in [7, 11) is 0. The Labute approximate surface area is 94.8 Å². The third-order valence-corrected chi connectivity index (χ3v) is 3.38. The summed E-state index contributed by atoms with van der Waals surface area (Å²) in [6.07, 6.45) is -2.96. The molecular weight excluding hydrogens is 216 g/mol. The number of hydrogen-bond acceptors (Lipinski definition) is 6. The Bertz CT molecular complexity index is 233. The van der Waals surface area contributed by atoms with Crippen LogP contribution in [0.3, 0.4) is 0 Å². The van der Waals surface area contributed by atoms with Crippen molar-refractivity contribution in [2.75, 3.05) is 6.61 Å². The van der Waals surface area contributed by atoms with Crippen LogP contribution in [-0.4, -0.2) is 66.3 Å². The molecule has 0 fully saturated rings. The Morgan fingerprint density at radius 3 is 1.62 bits per heavy atom. The number of aliphatic hydroxyl groups is 6. The van der Waals surface area contributed by atoms with E-state index in [1.807, 2.05) is 0 Å². The molecule has 6 heteroatoms. The van der Waals surface area contributed by atoms with E-state index in [0.29, 0.717) is 0 Å². The number of rotatable bonds is 5. The Morgan fingerprint density at radius 2 is 1.38 bits per heavy atom. The molecule has 0 aliphatic carbocycles. The Kier molecular flexibility index (Phi) is 4.49. The summed E-state index contributed by atoms with van der Waals surface area (Å²) in [5, 5.41) is 57.6. The standard InChI is InChI=1S/C10H22O6/c1-6(12)7(13)9(3,15)10(4,16)8(2,14)5-11/h6-7,11-16H,5H2,1-4H3/t6?,7-,8+,9+,10-/m1/s1. The molecule has 0 amide bonds. The molecule has 5 atom stereocenters. The van der Waals surface area contributed by atoms with E-state index in [4.69, 9.17) is 5.11 Å². The molecule has 1 unspecified atom stereocenters. The maximum absolute atomic E-state index is 10.1. The molecule has 0 aromatic heterocycles. The van der Waals surface area contributed by atoms with Crippen molar-refractivity contribution in [3.63, 3.8) is 0 Å². The average molecular weight is 238 g/mol. The van der Waals surface area contributed by atoms with Crippen LogP contribution in [0.5, 0.6) is 0 Å². The highest BCUT2D eigenvalue weighted by atomic mass is 16.4. The van der Waals surface area contributed by atoms with Crippen LogP contribution in [0.1, 0.15) is 27.7 Å². The van der Waals surface area contributed by atoms with Gasteiger partial charge < -0.3 is 30.6 Å². The van der Waals surface area contributed by atoms with Crippen LogP contribution >= 0.6 is 0 Å². The molecule has 0 heterocycles. The molecule has 0 saturated carbocycles. The zero-order chi connectivity index (χ0) is 13.4. The lowest BCUT2D eigenvalue weighted by Gasteiger charge is -2.49. The van der Waals surface area contributed by atoms with E-state index in [9.17, 15) is 25.5 Å². The quantitative estimate of drug-likeness (QED) is 0.328. The first kappa shape index (κ1) is 15.8. The molecule has 0 aliphatic heterocycles. The van der Waals surface area contributed by atoms with E-state index < -0.39 is 35.6 Å². The molecule has 16 heavy (non-hydrogen) atoms. The van der Waals surface area contributed by atoms with Crippen molar-refractivity contribution < 1.29 is 30.6 Å². The molecule has 0 aromatic rings. The molecular formula is C10H22O6. The predicted molar refractivity (Wildman–Crippen MR) is 56.6 cm³/mol. The lowest BCUT2D eigenvalue weighted by Crippen LogP contribution is -2.70. The zero-order valence-corrected chi connectivity index (χ0v) is 10.0. The summed E-state index contributed by atoms with van der Waals surface area (Å²) >= 11 is 0. The Balaban J connectivity index is 5.28. The van der Waals surface area contributed by atoms with Gasteiger partial charge in [-0.05, 0) is 27.7 Å². The highest BCUT2D eigenvalue weighted by Crippen LogP contribution is 2.35. The van der Waals surface area contributed by atoms with E-state index in [0.717, 1.165) is 20.8 Å². The van der Waals surface area contributed by atoms with Crippen molar-refractivity contribution in [3.8, 4) is 0 Å². The fourth-order valence-electron chi connectivity index (χ4n) is 1.46. The van der Waals surface area contributed by atoms with Gasteiger partial charge in [-0.15, -0.1) is 0 Å². The van der Waals surface area contributed by atoms with Gasteiger partial charge >= 0.3 is 0 Å². The summed E-state index contributed by atoms with van der Waals surface area (Å²) in [6, 6.07) is 0. The lowest BCUT2D eigenvalue weighted by atomic mass is 9.70. The first-order valence-electron chi connectivity index (χ1n) is 5.06. The molecule has 0 aromatic carbocycles. The summed E-state index contributed by atoms with van der Waals surface area (Å²) in [4.78, 5) is 0. The summed E-state index contributed by atoms with van der Waals surface area (Å²) in [5.74, 6) is 0. The minimum atomic E-state index is -2.20. The fourth-order valence-corrected chi connectivity index (χ4v) is 1.46. The lowest BCUT2D eigenvalue weighted by molar-refractivity contribution is -0.271. The highest BCUT2D eigenvalue weighted by molar-refractivity contribution is 5.09. The van der Waals surface area contributed by atoms with Gasteiger partial charge in [0.15, 0.2) is 0 Å². The van der Waals surface area contributed by atoms with E-state index in [-0.39, 0.29) is 0 Å². The van der Waals surface area contributed by atoms with Gasteiger partial charge in [-0.1, -0.05) is 0 Å². The van der Waals surface area contributed by atoms with Crippen molar-refractivity contribution in [3.05, 3.63) is 0 Å². The summed E-state index contributed by atoms with van der Waals surface area (Å²) < 4.78 is 0. The first-order chi connectivity index (χ1) is 6.91. The van der Waals surface area contributed by atoms with E-state index >= 15 is 0 Å². The second kappa shape index (κ2) is 4.56. The van der Waals surface area contributed by atoms with Crippen LogP contribution in [0.4, 0.5) is 0 Å². The maximum atomic E-state index is 10.1. The molecule has 6 nitrogen and oxygen atoms in total. The van der Waals surface area contributed by atoms with E-state index in [1.54, 1.807) is 0 Å². The minimum Gasteiger partial charge on any atom is -0.393 e. The molecule has 0 radical (unpaired) electrons. The fraction of sp³-hybridized carbons (Fsp3) is 1.00. The minimum absolute atomic E-state index is 0.803. The summed E-state index contributed by atoms with van der Waals surface area (Å²) in [6.45, 7) is 3.71. The second-order valence-electron chi connectivity index (χ2n) is 4.84. The highest BCUT2D eigenvalue weighted by Gasteiger charge is 2.57. The van der Waals surface area contributed by atoms with Gasteiger partial charge in [0.2, 0.25) is 0 Å². The van der Waals surface area contributed by atoms with Crippen molar-refractivity contribution in [2.45, 2.75) is 56.7 Å². The molecule has 0 rings (SSSR count). The molecule has 0 bridgehead atoms.